The van der Waals surface area contributed by atoms with E-state index in [0.29, 0.717) is 23.0 Å². The van der Waals surface area contributed by atoms with Crippen LogP contribution in [0.3, 0.4) is 0 Å². The normalized spacial score (nSPS) is 10.5. The Kier molecular flexibility index (Phi) is 8.77. The Morgan fingerprint density at radius 1 is 0.969 bits per heavy atom. The number of rotatable bonds is 9. The van der Waals surface area contributed by atoms with Gasteiger partial charge in [-0.3, -0.25) is 5.43 Å². The number of anilines is 1. The second-order valence-electron chi connectivity index (χ2n) is 6.88. The van der Waals surface area contributed by atoms with Gasteiger partial charge in [-0.25, -0.2) is 4.79 Å². The van der Waals surface area contributed by atoms with E-state index in [1.54, 1.807) is 54.7 Å². The Morgan fingerprint density at radius 3 is 2.34 bits per heavy atom. The summed E-state index contributed by atoms with van der Waals surface area (Å²) < 4.78 is 11.0. The van der Waals surface area contributed by atoms with Crippen LogP contribution in [0.1, 0.15) is 35.7 Å². The third kappa shape index (κ3) is 7.52. The van der Waals surface area contributed by atoms with Crippen LogP contribution in [0.15, 0.2) is 84.0 Å². The average molecular weight is 448 g/mol. The maximum atomic E-state index is 12.3. The first kappa shape index (κ1) is 23.0. The van der Waals surface area contributed by atoms with Crippen molar-refractivity contribution in [3.63, 3.8) is 0 Å². The summed E-state index contributed by atoms with van der Waals surface area (Å²) in [5.74, 6) is 0.765. The molecule has 0 saturated carbocycles. The van der Waals surface area contributed by atoms with E-state index in [1.165, 1.54) is 0 Å². The van der Waals surface area contributed by atoms with Gasteiger partial charge in [-0.1, -0.05) is 31.5 Å². The molecule has 3 aromatic carbocycles. The first-order valence-electron chi connectivity index (χ1n) is 10.3. The highest BCUT2D eigenvalue weighted by Crippen LogP contribution is 2.16. The van der Waals surface area contributed by atoms with Crippen LogP contribution in [-0.4, -0.2) is 23.9 Å². The van der Waals surface area contributed by atoms with Gasteiger partial charge >= 0.3 is 5.97 Å². The molecule has 0 atom stereocenters. The fourth-order valence-electron chi connectivity index (χ4n) is 2.66. The van der Waals surface area contributed by atoms with E-state index < -0.39 is 5.97 Å². The van der Waals surface area contributed by atoms with Gasteiger partial charge in [-0.2, -0.15) is 5.10 Å². The molecule has 0 unspecified atom stereocenters. The van der Waals surface area contributed by atoms with Crippen LogP contribution < -0.4 is 20.2 Å². The Bertz CT molecular complexity index is 1040. The lowest BCUT2D eigenvalue weighted by molar-refractivity contribution is 0.0734. The number of hydrogen-bond donors (Lipinski definition) is 2. The van der Waals surface area contributed by atoms with Crippen LogP contribution in [-0.2, 0) is 0 Å². The molecule has 0 radical (unpaired) electrons. The quantitative estimate of drug-likeness (QED) is 0.114. The minimum absolute atomic E-state index is 0.389. The molecule has 6 nitrogen and oxygen atoms in total. The molecule has 0 aliphatic carbocycles. The highest BCUT2D eigenvalue weighted by atomic mass is 32.1. The van der Waals surface area contributed by atoms with Gasteiger partial charge in [0.1, 0.15) is 11.5 Å². The van der Waals surface area contributed by atoms with Crippen molar-refractivity contribution in [1.29, 1.82) is 0 Å². The van der Waals surface area contributed by atoms with Crippen molar-refractivity contribution in [2.75, 3.05) is 11.9 Å². The van der Waals surface area contributed by atoms with Gasteiger partial charge in [0.05, 0.1) is 18.4 Å². The standard InChI is InChI=1S/C25H25N3O3S/c1-2-3-17-30-22-15-11-20(12-16-22)24(29)31-23-13-9-19(10-14-23)18-26-28-25(32)27-21-7-5-4-6-8-21/h4-16,18H,2-3,17H2,1H3,(H2,27,28,32)/b26-18-. The van der Waals surface area contributed by atoms with Crippen molar-refractivity contribution in [3.8, 4) is 11.5 Å². The number of esters is 1. The molecule has 0 aromatic heterocycles. The number of benzene rings is 3. The lowest BCUT2D eigenvalue weighted by atomic mass is 10.2. The molecule has 3 rings (SSSR count). The van der Waals surface area contributed by atoms with Crippen LogP contribution in [0.4, 0.5) is 5.69 Å². The Morgan fingerprint density at radius 2 is 1.66 bits per heavy atom. The Labute approximate surface area is 193 Å². The van der Waals surface area contributed by atoms with Gasteiger partial charge in [0.15, 0.2) is 5.11 Å². The number of para-hydroxylation sites is 1. The summed E-state index contributed by atoms with van der Waals surface area (Å²) in [6.45, 7) is 2.78. The van der Waals surface area contributed by atoms with Crippen LogP contribution in [0, 0.1) is 0 Å². The summed E-state index contributed by atoms with van der Waals surface area (Å²) in [5.41, 5.74) is 4.93. The number of hydrazone groups is 1. The molecule has 0 fully saturated rings. The number of unbranched alkanes of at least 4 members (excludes halogenated alkanes) is 1. The third-order valence-electron chi connectivity index (χ3n) is 4.36. The van der Waals surface area contributed by atoms with Gasteiger partial charge < -0.3 is 14.8 Å². The van der Waals surface area contributed by atoms with E-state index in [2.05, 4.69) is 22.8 Å². The summed E-state index contributed by atoms with van der Waals surface area (Å²) in [7, 11) is 0. The van der Waals surface area contributed by atoms with Crippen molar-refractivity contribution in [2.45, 2.75) is 19.8 Å². The molecular formula is C25H25N3O3S. The zero-order chi connectivity index (χ0) is 22.6. The molecule has 7 heteroatoms. The SMILES string of the molecule is CCCCOc1ccc(C(=O)Oc2ccc(/C=N\NC(=S)Nc3ccccc3)cc2)cc1. The molecule has 0 saturated heterocycles. The molecular weight excluding hydrogens is 422 g/mol. The van der Waals surface area contributed by atoms with Crippen LogP contribution in [0.25, 0.3) is 0 Å². The van der Waals surface area contributed by atoms with E-state index in [0.717, 1.165) is 29.8 Å². The second kappa shape index (κ2) is 12.2. The van der Waals surface area contributed by atoms with Crippen molar-refractivity contribution in [1.82, 2.24) is 5.43 Å². The summed E-state index contributed by atoms with van der Waals surface area (Å²) in [6.07, 6.45) is 3.70. The first-order chi connectivity index (χ1) is 15.6. The predicted octanol–water partition coefficient (Wildman–Crippen LogP) is 5.41. The van der Waals surface area contributed by atoms with Crippen LogP contribution in [0.2, 0.25) is 0 Å². The van der Waals surface area contributed by atoms with E-state index in [-0.39, 0.29) is 0 Å². The molecule has 0 aliphatic heterocycles. The zero-order valence-corrected chi connectivity index (χ0v) is 18.6. The smallest absolute Gasteiger partial charge is 0.343 e. The summed E-state index contributed by atoms with van der Waals surface area (Å²) in [6, 6.07) is 23.5. The van der Waals surface area contributed by atoms with Crippen LogP contribution in [0.5, 0.6) is 11.5 Å². The summed E-state index contributed by atoms with van der Waals surface area (Å²) in [4.78, 5) is 12.3. The Hall–Kier alpha value is -3.71. The van der Waals surface area contributed by atoms with E-state index in [4.69, 9.17) is 21.7 Å². The van der Waals surface area contributed by atoms with Gasteiger partial charge in [0.2, 0.25) is 0 Å². The number of ether oxygens (including phenoxy) is 2. The molecule has 0 bridgehead atoms. The highest BCUT2D eigenvalue weighted by Gasteiger charge is 2.09. The lowest BCUT2D eigenvalue weighted by Crippen LogP contribution is -2.23. The van der Waals surface area contributed by atoms with Gasteiger partial charge in [-0.15, -0.1) is 0 Å². The Balaban J connectivity index is 1.47. The van der Waals surface area contributed by atoms with Gasteiger partial charge in [-0.05, 0) is 84.9 Å². The van der Waals surface area contributed by atoms with E-state index in [1.807, 2.05) is 30.3 Å². The number of thiocarbonyl (C=S) groups is 1. The van der Waals surface area contributed by atoms with Crippen molar-refractivity contribution in [2.24, 2.45) is 5.10 Å². The fourth-order valence-corrected chi connectivity index (χ4v) is 2.83. The fraction of sp³-hybridized carbons (Fsp3) is 0.160. The molecule has 2 N–H and O–H groups in total. The zero-order valence-electron chi connectivity index (χ0n) is 17.8. The third-order valence-corrected chi connectivity index (χ3v) is 4.55. The molecule has 0 amide bonds. The topological polar surface area (TPSA) is 72.0 Å². The van der Waals surface area contributed by atoms with Gasteiger partial charge in [0, 0.05) is 5.69 Å². The van der Waals surface area contributed by atoms with E-state index >= 15 is 0 Å². The monoisotopic (exact) mass is 447 g/mol. The molecule has 0 aliphatic rings. The number of carbonyl (C=O) groups excluding carboxylic acids is 1. The number of carbonyl (C=O) groups is 1. The van der Waals surface area contributed by atoms with E-state index in [9.17, 15) is 4.79 Å². The minimum atomic E-state index is -0.425. The largest absolute Gasteiger partial charge is 0.494 e. The maximum Gasteiger partial charge on any atom is 0.343 e. The van der Waals surface area contributed by atoms with Crippen molar-refractivity contribution < 1.29 is 14.3 Å². The number of nitrogens with zero attached hydrogens (tertiary/aromatic N) is 1. The minimum Gasteiger partial charge on any atom is -0.494 e. The lowest BCUT2D eigenvalue weighted by Gasteiger charge is -2.07. The van der Waals surface area contributed by atoms with Crippen molar-refractivity contribution in [3.05, 3.63) is 90.0 Å². The summed E-state index contributed by atoms with van der Waals surface area (Å²) in [5, 5.41) is 7.53. The second-order valence-corrected chi connectivity index (χ2v) is 7.28. The molecule has 3 aromatic rings. The molecule has 164 valence electrons. The maximum absolute atomic E-state index is 12.3. The molecule has 0 heterocycles. The van der Waals surface area contributed by atoms with Crippen LogP contribution >= 0.6 is 12.2 Å². The molecule has 32 heavy (non-hydrogen) atoms. The first-order valence-corrected chi connectivity index (χ1v) is 10.7. The summed E-state index contributed by atoms with van der Waals surface area (Å²) >= 11 is 5.20. The average Bonchev–Trinajstić information content (AvgIpc) is 2.81. The predicted molar refractivity (Wildman–Crippen MR) is 132 cm³/mol. The number of hydrogen-bond acceptors (Lipinski definition) is 5. The van der Waals surface area contributed by atoms with Gasteiger partial charge in [0.25, 0.3) is 0 Å². The highest BCUT2D eigenvalue weighted by molar-refractivity contribution is 7.80. The van der Waals surface area contributed by atoms with Crippen molar-refractivity contribution >= 4 is 35.2 Å². The number of nitrogens with one attached hydrogen (secondary N) is 2. The molecule has 0 spiro atoms.